The smallest absolute Gasteiger partial charge is 0.119 e. The quantitative estimate of drug-likeness (QED) is 0.683. The van der Waals surface area contributed by atoms with Crippen LogP contribution in [0.15, 0.2) is 24.3 Å². The fraction of sp³-hybridized carbons (Fsp3) is 0.533. The molecule has 0 bridgehead atoms. The van der Waals surface area contributed by atoms with Gasteiger partial charge in [0.15, 0.2) is 0 Å². The molecule has 0 aliphatic rings. The summed E-state index contributed by atoms with van der Waals surface area (Å²) in [7, 11) is 0. The van der Waals surface area contributed by atoms with E-state index < -0.39 is 0 Å². The first-order valence-corrected chi connectivity index (χ1v) is 6.64. The maximum atomic E-state index is 8.87. The number of unbranched alkanes of at least 4 members (excludes halogenated alkanes) is 1. The molecule has 0 unspecified atom stereocenters. The fourth-order valence-electron chi connectivity index (χ4n) is 1.78. The molecule has 3 heteroatoms. The Morgan fingerprint density at radius 3 is 2.50 bits per heavy atom. The van der Waals surface area contributed by atoms with Gasteiger partial charge >= 0.3 is 0 Å². The lowest BCUT2D eigenvalue weighted by molar-refractivity contribution is 0.195. The van der Waals surface area contributed by atoms with Gasteiger partial charge in [-0.05, 0) is 50.6 Å². The lowest BCUT2D eigenvalue weighted by atomic mass is 10.2. The van der Waals surface area contributed by atoms with Crippen molar-refractivity contribution in [2.45, 2.75) is 19.8 Å². The summed E-state index contributed by atoms with van der Waals surface area (Å²) in [5.74, 6) is 0.908. The van der Waals surface area contributed by atoms with Crippen molar-refractivity contribution in [2.24, 2.45) is 0 Å². The van der Waals surface area contributed by atoms with Crippen molar-refractivity contribution in [3.05, 3.63) is 36.8 Å². The zero-order valence-corrected chi connectivity index (χ0v) is 11.3. The van der Waals surface area contributed by atoms with Crippen LogP contribution >= 0.6 is 0 Å². The Labute approximate surface area is 110 Å². The summed E-state index contributed by atoms with van der Waals surface area (Å²) in [6.45, 7) is 9.72. The molecule has 0 spiro atoms. The minimum Gasteiger partial charge on any atom is -0.494 e. The number of benzene rings is 1. The number of aliphatic hydroxyl groups is 1. The van der Waals surface area contributed by atoms with Crippen LogP contribution in [0.5, 0.6) is 5.75 Å². The number of hydrogen-bond donors (Lipinski definition) is 1. The largest absolute Gasteiger partial charge is 0.494 e. The van der Waals surface area contributed by atoms with Crippen LogP contribution in [0.1, 0.15) is 25.3 Å². The maximum absolute atomic E-state index is 8.87. The Hall–Kier alpha value is -1.06. The lowest BCUT2D eigenvalue weighted by Crippen LogP contribution is -2.27. The molecule has 0 aliphatic carbocycles. The van der Waals surface area contributed by atoms with Gasteiger partial charge in [0.05, 0.1) is 13.2 Å². The van der Waals surface area contributed by atoms with E-state index in [0.29, 0.717) is 0 Å². The van der Waals surface area contributed by atoms with E-state index in [-0.39, 0.29) is 6.61 Å². The fourth-order valence-corrected chi connectivity index (χ4v) is 1.78. The molecule has 0 saturated carbocycles. The molecule has 0 saturated heterocycles. The Bertz CT molecular complexity index is 311. The van der Waals surface area contributed by atoms with E-state index >= 15 is 0 Å². The summed E-state index contributed by atoms with van der Waals surface area (Å²) in [6, 6.07) is 7.81. The zero-order chi connectivity index (χ0) is 13.2. The van der Waals surface area contributed by atoms with Gasteiger partial charge < -0.3 is 14.7 Å². The van der Waals surface area contributed by atoms with Crippen molar-refractivity contribution in [3.8, 4) is 5.75 Å². The molecular weight excluding hydrogens is 226 g/mol. The highest BCUT2D eigenvalue weighted by atomic mass is 16.5. The Kier molecular flexibility index (Phi) is 7.46. The molecule has 0 aromatic heterocycles. The topological polar surface area (TPSA) is 32.7 Å². The maximum Gasteiger partial charge on any atom is 0.119 e. The first kappa shape index (κ1) is 15.0. The molecule has 1 aromatic rings. The number of likely N-dealkylation sites (N-methyl/N-ethyl adjacent to an activating group) is 1. The summed E-state index contributed by atoms with van der Waals surface area (Å²) in [6.07, 6.45) is 2.13. The van der Waals surface area contributed by atoms with Crippen molar-refractivity contribution in [1.82, 2.24) is 4.90 Å². The molecular formula is C15H24NO2. The summed E-state index contributed by atoms with van der Waals surface area (Å²) < 4.78 is 5.64. The molecule has 1 rings (SSSR count). The molecule has 18 heavy (non-hydrogen) atoms. The summed E-state index contributed by atoms with van der Waals surface area (Å²) in [5, 5.41) is 8.87. The van der Waals surface area contributed by atoms with Gasteiger partial charge in [0, 0.05) is 6.54 Å². The van der Waals surface area contributed by atoms with E-state index in [2.05, 4.69) is 18.7 Å². The normalized spacial score (nSPS) is 10.9. The van der Waals surface area contributed by atoms with Crippen LogP contribution in [0, 0.1) is 6.92 Å². The van der Waals surface area contributed by atoms with Crippen molar-refractivity contribution < 1.29 is 9.84 Å². The van der Waals surface area contributed by atoms with Gasteiger partial charge in [-0.3, -0.25) is 0 Å². The first-order chi connectivity index (χ1) is 8.76. The number of nitrogens with zero attached hydrogens (tertiary/aromatic N) is 1. The average molecular weight is 250 g/mol. The molecule has 0 amide bonds. The van der Waals surface area contributed by atoms with Gasteiger partial charge in [0.2, 0.25) is 0 Å². The third-order valence-corrected chi connectivity index (χ3v) is 2.92. The number of aliphatic hydroxyl groups excluding tert-OH is 1. The van der Waals surface area contributed by atoms with E-state index in [1.165, 1.54) is 0 Å². The number of ether oxygens (including phenoxy) is 1. The van der Waals surface area contributed by atoms with Crippen LogP contribution in [0.3, 0.4) is 0 Å². The van der Waals surface area contributed by atoms with Gasteiger partial charge in [-0.25, -0.2) is 0 Å². The summed E-state index contributed by atoms with van der Waals surface area (Å²) >= 11 is 0. The monoisotopic (exact) mass is 250 g/mol. The zero-order valence-electron chi connectivity index (χ0n) is 11.3. The van der Waals surface area contributed by atoms with Gasteiger partial charge in [0.1, 0.15) is 5.75 Å². The average Bonchev–Trinajstić information content (AvgIpc) is 2.39. The Morgan fingerprint density at radius 2 is 1.89 bits per heavy atom. The van der Waals surface area contributed by atoms with Crippen LogP contribution in [0.25, 0.3) is 0 Å². The molecule has 0 atom stereocenters. The second-order valence-corrected chi connectivity index (χ2v) is 4.36. The van der Waals surface area contributed by atoms with Crippen molar-refractivity contribution in [3.63, 3.8) is 0 Å². The van der Waals surface area contributed by atoms with Crippen LogP contribution in [-0.4, -0.2) is 42.9 Å². The standard InChI is InChI=1S/C15H24NO2/c1-3-16(11-12-17)10-4-5-13-18-15-8-6-14(2)7-9-15/h6-9,17H,2-5,10-13H2,1H3. The minimum atomic E-state index is 0.238. The molecule has 1 radical (unpaired) electrons. The highest BCUT2D eigenvalue weighted by molar-refractivity contribution is 5.28. The van der Waals surface area contributed by atoms with Gasteiger partial charge in [0.25, 0.3) is 0 Å². The predicted molar refractivity (Wildman–Crippen MR) is 74.8 cm³/mol. The summed E-state index contributed by atoms with van der Waals surface area (Å²) in [5.41, 5.74) is 1.00. The minimum absolute atomic E-state index is 0.238. The van der Waals surface area contributed by atoms with Crippen LogP contribution in [-0.2, 0) is 0 Å². The van der Waals surface area contributed by atoms with E-state index in [9.17, 15) is 0 Å². The highest BCUT2D eigenvalue weighted by Crippen LogP contribution is 2.11. The third kappa shape index (κ3) is 6.03. The molecule has 0 aliphatic heterocycles. The third-order valence-electron chi connectivity index (χ3n) is 2.92. The van der Waals surface area contributed by atoms with E-state index in [4.69, 9.17) is 9.84 Å². The van der Waals surface area contributed by atoms with Crippen molar-refractivity contribution in [2.75, 3.05) is 32.8 Å². The summed E-state index contributed by atoms with van der Waals surface area (Å²) in [4.78, 5) is 2.25. The van der Waals surface area contributed by atoms with Gasteiger partial charge in [-0.1, -0.05) is 19.1 Å². The highest BCUT2D eigenvalue weighted by Gasteiger charge is 2.00. The van der Waals surface area contributed by atoms with E-state index in [1.807, 2.05) is 24.3 Å². The lowest BCUT2D eigenvalue weighted by Gasteiger charge is -2.18. The molecule has 1 N–H and O–H groups in total. The van der Waals surface area contributed by atoms with Crippen molar-refractivity contribution in [1.29, 1.82) is 0 Å². The van der Waals surface area contributed by atoms with Crippen LogP contribution in [0.4, 0.5) is 0 Å². The molecule has 0 heterocycles. The van der Waals surface area contributed by atoms with Gasteiger partial charge in [-0.2, -0.15) is 0 Å². The van der Waals surface area contributed by atoms with Crippen molar-refractivity contribution >= 4 is 0 Å². The first-order valence-electron chi connectivity index (χ1n) is 6.64. The molecule has 1 aromatic carbocycles. The predicted octanol–water partition coefficient (Wildman–Crippen LogP) is 2.34. The molecule has 0 fully saturated rings. The SMILES string of the molecule is [CH2]c1ccc(OCCCCN(CC)CCO)cc1. The van der Waals surface area contributed by atoms with E-state index in [0.717, 1.165) is 50.4 Å². The van der Waals surface area contributed by atoms with Gasteiger partial charge in [-0.15, -0.1) is 0 Å². The molecule has 3 nitrogen and oxygen atoms in total. The molecule has 101 valence electrons. The number of rotatable bonds is 9. The Morgan fingerprint density at radius 1 is 1.17 bits per heavy atom. The second kappa shape index (κ2) is 8.95. The van der Waals surface area contributed by atoms with Crippen LogP contribution < -0.4 is 4.74 Å². The number of hydrogen-bond acceptors (Lipinski definition) is 3. The van der Waals surface area contributed by atoms with Crippen LogP contribution in [0.2, 0.25) is 0 Å². The Balaban J connectivity index is 2.09. The van der Waals surface area contributed by atoms with E-state index in [1.54, 1.807) is 0 Å². The second-order valence-electron chi connectivity index (χ2n) is 4.36.